The maximum atomic E-state index is 11.0. The molecule has 0 aliphatic carbocycles. The molecule has 1 atom stereocenters. The summed E-state index contributed by atoms with van der Waals surface area (Å²) < 4.78 is 4.80. The Morgan fingerprint density at radius 1 is 1.54 bits per heavy atom. The highest BCUT2D eigenvalue weighted by Gasteiger charge is 2.38. The summed E-state index contributed by atoms with van der Waals surface area (Å²) in [5.41, 5.74) is 0. The van der Waals surface area contributed by atoms with E-state index >= 15 is 0 Å². The molecular weight excluding hydrogens is 176 g/mol. The van der Waals surface area contributed by atoms with E-state index in [1.807, 2.05) is 0 Å². The van der Waals surface area contributed by atoms with Gasteiger partial charge in [-0.25, -0.2) is 9.59 Å². The number of carboxylic acid groups (broad SMARTS) is 1. The zero-order valence-electron chi connectivity index (χ0n) is 6.97. The Hall–Kier alpha value is -1.46. The van der Waals surface area contributed by atoms with E-state index in [1.54, 1.807) is 4.90 Å². The summed E-state index contributed by atoms with van der Waals surface area (Å²) in [6, 6.07) is -0.0858. The number of amides is 2. The lowest BCUT2D eigenvalue weighted by Crippen LogP contribution is -2.53. The molecule has 0 aromatic heterocycles. The van der Waals surface area contributed by atoms with E-state index < -0.39 is 6.09 Å². The third kappa shape index (κ3) is 1.28. The normalized spacial score (nSPS) is 27.1. The number of rotatable bonds is 0. The van der Waals surface area contributed by atoms with Crippen LogP contribution in [-0.2, 0) is 4.74 Å². The fourth-order valence-corrected chi connectivity index (χ4v) is 1.66. The molecule has 1 N–H and O–H groups in total. The van der Waals surface area contributed by atoms with Gasteiger partial charge in [-0.1, -0.05) is 0 Å². The van der Waals surface area contributed by atoms with Crippen LogP contribution in [-0.4, -0.2) is 59.4 Å². The van der Waals surface area contributed by atoms with Gasteiger partial charge in [0.05, 0.1) is 6.04 Å². The lowest BCUT2D eigenvalue weighted by molar-refractivity contribution is 0.0995. The molecule has 13 heavy (non-hydrogen) atoms. The summed E-state index contributed by atoms with van der Waals surface area (Å²) >= 11 is 0. The molecule has 2 heterocycles. The first-order chi connectivity index (χ1) is 6.18. The standard InChI is InChI=1S/C7H10N2O4/c10-6(11)8-1-2-9-5(3-8)4-13-7(9)12/h5H,1-4H2,(H,10,11)/t5-/m1/s1. The van der Waals surface area contributed by atoms with Gasteiger partial charge in [0.15, 0.2) is 0 Å². The molecule has 6 nitrogen and oxygen atoms in total. The number of fused-ring (bicyclic) bond motifs is 1. The molecular formula is C7H10N2O4. The fraction of sp³-hybridized carbons (Fsp3) is 0.714. The van der Waals surface area contributed by atoms with Gasteiger partial charge in [0.25, 0.3) is 0 Å². The molecule has 2 aliphatic heterocycles. The number of hydrogen-bond acceptors (Lipinski definition) is 3. The first kappa shape index (κ1) is 8.15. The number of ether oxygens (including phenoxy) is 1. The van der Waals surface area contributed by atoms with Crippen molar-refractivity contribution in [1.29, 1.82) is 0 Å². The van der Waals surface area contributed by atoms with Gasteiger partial charge in [0.2, 0.25) is 0 Å². The van der Waals surface area contributed by atoms with Crippen LogP contribution in [0.2, 0.25) is 0 Å². The maximum absolute atomic E-state index is 11.0. The molecule has 0 unspecified atom stereocenters. The Kier molecular flexibility index (Phi) is 1.75. The summed E-state index contributed by atoms with van der Waals surface area (Å²) in [6.07, 6.45) is -1.26. The SMILES string of the molecule is O=C(O)N1CCN2C(=O)OC[C@H]2C1. The largest absolute Gasteiger partial charge is 0.465 e. The molecule has 2 fully saturated rings. The molecule has 6 heteroatoms. The Morgan fingerprint density at radius 3 is 3.00 bits per heavy atom. The van der Waals surface area contributed by atoms with Gasteiger partial charge in [-0.3, -0.25) is 4.90 Å². The molecule has 2 saturated heterocycles. The van der Waals surface area contributed by atoms with Gasteiger partial charge < -0.3 is 14.7 Å². The number of cyclic esters (lactones) is 1. The van der Waals surface area contributed by atoms with Crippen molar-refractivity contribution in [2.75, 3.05) is 26.2 Å². The second-order valence-electron chi connectivity index (χ2n) is 3.15. The van der Waals surface area contributed by atoms with Gasteiger partial charge in [0.1, 0.15) is 6.61 Å². The molecule has 0 aromatic rings. The number of piperazine rings is 1. The molecule has 2 aliphatic rings. The van der Waals surface area contributed by atoms with Crippen molar-refractivity contribution in [3.63, 3.8) is 0 Å². The highest BCUT2D eigenvalue weighted by Crippen LogP contribution is 2.17. The lowest BCUT2D eigenvalue weighted by Gasteiger charge is -2.33. The average Bonchev–Trinajstić information content (AvgIpc) is 2.47. The van der Waals surface area contributed by atoms with E-state index in [4.69, 9.17) is 9.84 Å². The molecule has 72 valence electrons. The molecule has 0 aromatic carbocycles. The van der Waals surface area contributed by atoms with Gasteiger partial charge in [-0.05, 0) is 0 Å². The third-order valence-electron chi connectivity index (χ3n) is 2.39. The summed E-state index contributed by atoms with van der Waals surface area (Å²) in [4.78, 5) is 24.5. The molecule has 0 spiro atoms. The number of hydrogen-bond donors (Lipinski definition) is 1. The van der Waals surface area contributed by atoms with Gasteiger partial charge in [0, 0.05) is 19.6 Å². The van der Waals surface area contributed by atoms with Crippen molar-refractivity contribution in [2.24, 2.45) is 0 Å². The Labute approximate surface area is 74.7 Å². The second-order valence-corrected chi connectivity index (χ2v) is 3.15. The van der Waals surface area contributed by atoms with Gasteiger partial charge >= 0.3 is 12.2 Å². The van der Waals surface area contributed by atoms with Crippen LogP contribution >= 0.6 is 0 Å². The molecule has 0 radical (unpaired) electrons. The topological polar surface area (TPSA) is 70.1 Å². The summed E-state index contributed by atoms with van der Waals surface area (Å²) in [5, 5.41) is 8.71. The van der Waals surface area contributed by atoms with E-state index in [2.05, 4.69) is 0 Å². The predicted octanol–water partition coefficient (Wildman–Crippen LogP) is -0.199. The highest BCUT2D eigenvalue weighted by molar-refractivity contribution is 5.71. The van der Waals surface area contributed by atoms with Crippen LogP contribution < -0.4 is 0 Å². The minimum Gasteiger partial charge on any atom is -0.465 e. The molecule has 0 bridgehead atoms. The fourth-order valence-electron chi connectivity index (χ4n) is 1.66. The summed E-state index contributed by atoms with van der Waals surface area (Å²) in [7, 11) is 0. The average molecular weight is 186 g/mol. The van der Waals surface area contributed by atoms with Crippen molar-refractivity contribution in [1.82, 2.24) is 9.80 Å². The van der Waals surface area contributed by atoms with Crippen molar-refractivity contribution in [2.45, 2.75) is 6.04 Å². The Balaban J connectivity index is 2.03. The summed E-state index contributed by atoms with van der Waals surface area (Å²) in [5.74, 6) is 0. The number of carbonyl (C=O) groups is 2. The molecule has 0 saturated carbocycles. The van der Waals surface area contributed by atoms with Crippen molar-refractivity contribution >= 4 is 12.2 Å². The third-order valence-corrected chi connectivity index (χ3v) is 2.39. The van der Waals surface area contributed by atoms with E-state index in [0.717, 1.165) is 0 Å². The Bertz CT molecular complexity index is 255. The molecule has 2 rings (SSSR count). The second kappa shape index (κ2) is 2.79. The monoisotopic (exact) mass is 186 g/mol. The number of nitrogens with zero attached hydrogens (tertiary/aromatic N) is 2. The predicted molar refractivity (Wildman–Crippen MR) is 41.4 cm³/mol. The maximum Gasteiger partial charge on any atom is 0.410 e. The zero-order valence-corrected chi connectivity index (χ0v) is 6.97. The van der Waals surface area contributed by atoms with Crippen molar-refractivity contribution < 1.29 is 19.4 Å². The minimum absolute atomic E-state index is 0.0858. The van der Waals surface area contributed by atoms with Crippen LogP contribution in [0.1, 0.15) is 0 Å². The van der Waals surface area contributed by atoms with Gasteiger partial charge in [-0.2, -0.15) is 0 Å². The molecule has 2 amide bonds. The van der Waals surface area contributed by atoms with E-state index in [-0.39, 0.29) is 12.1 Å². The zero-order chi connectivity index (χ0) is 9.42. The first-order valence-corrected chi connectivity index (χ1v) is 4.10. The quantitative estimate of drug-likeness (QED) is 0.568. The minimum atomic E-state index is -0.931. The first-order valence-electron chi connectivity index (χ1n) is 4.10. The van der Waals surface area contributed by atoms with Crippen LogP contribution in [0, 0.1) is 0 Å². The highest BCUT2D eigenvalue weighted by atomic mass is 16.6. The van der Waals surface area contributed by atoms with Crippen LogP contribution in [0.5, 0.6) is 0 Å². The van der Waals surface area contributed by atoms with E-state index in [9.17, 15) is 9.59 Å². The van der Waals surface area contributed by atoms with Crippen LogP contribution in [0.25, 0.3) is 0 Å². The number of carbonyl (C=O) groups excluding carboxylic acids is 1. The van der Waals surface area contributed by atoms with Crippen molar-refractivity contribution in [3.8, 4) is 0 Å². The lowest BCUT2D eigenvalue weighted by atomic mass is 10.2. The smallest absolute Gasteiger partial charge is 0.410 e. The van der Waals surface area contributed by atoms with Gasteiger partial charge in [-0.15, -0.1) is 0 Å². The van der Waals surface area contributed by atoms with Crippen LogP contribution in [0.4, 0.5) is 9.59 Å². The van der Waals surface area contributed by atoms with Crippen molar-refractivity contribution in [3.05, 3.63) is 0 Å². The summed E-state index contributed by atoms with van der Waals surface area (Å²) in [6.45, 7) is 1.49. The Morgan fingerprint density at radius 2 is 2.31 bits per heavy atom. The van der Waals surface area contributed by atoms with Crippen LogP contribution in [0.3, 0.4) is 0 Å². The van der Waals surface area contributed by atoms with E-state index in [0.29, 0.717) is 26.2 Å². The van der Waals surface area contributed by atoms with E-state index in [1.165, 1.54) is 4.90 Å². The van der Waals surface area contributed by atoms with Crippen LogP contribution in [0.15, 0.2) is 0 Å².